The molecular weight excluding hydrogens is 486 g/mol. The minimum atomic E-state index is -0.533. The summed E-state index contributed by atoms with van der Waals surface area (Å²) in [7, 11) is 1.53. The molecule has 1 aliphatic carbocycles. The van der Waals surface area contributed by atoms with Gasteiger partial charge < -0.3 is 25.0 Å². The lowest BCUT2D eigenvalue weighted by molar-refractivity contribution is -0.159. The quantitative estimate of drug-likeness (QED) is 0.483. The van der Waals surface area contributed by atoms with Crippen LogP contribution in [0.3, 0.4) is 0 Å². The number of nitrogens with one attached hydrogen (secondary N) is 2. The molecule has 2 fully saturated rings. The van der Waals surface area contributed by atoms with Crippen LogP contribution in [0.2, 0.25) is 0 Å². The fraction of sp³-hybridized carbons (Fsp3) is 0.536. The highest BCUT2D eigenvalue weighted by Crippen LogP contribution is 2.52. The number of ether oxygens (including phenoxy) is 2. The number of amides is 2. The van der Waals surface area contributed by atoms with E-state index in [0.717, 1.165) is 43.7 Å². The number of hydrogen-bond donors (Lipinski definition) is 2. The monoisotopic (exact) mass is 521 g/mol. The molecule has 10 heteroatoms. The zero-order valence-corrected chi connectivity index (χ0v) is 22.0. The summed E-state index contributed by atoms with van der Waals surface area (Å²) in [6.45, 7) is 4.30. The second-order valence-corrected chi connectivity index (χ2v) is 10.6. The van der Waals surface area contributed by atoms with Crippen LogP contribution >= 0.6 is 0 Å². The van der Waals surface area contributed by atoms with E-state index < -0.39 is 6.04 Å². The van der Waals surface area contributed by atoms with Crippen LogP contribution in [0, 0.1) is 11.3 Å². The molecule has 2 amide bonds. The summed E-state index contributed by atoms with van der Waals surface area (Å²) in [6.07, 6.45) is 5.52. The predicted molar refractivity (Wildman–Crippen MR) is 139 cm³/mol. The van der Waals surface area contributed by atoms with Crippen molar-refractivity contribution in [3.8, 4) is 5.88 Å². The van der Waals surface area contributed by atoms with Crippen molar-refractivity contribution >= 4 is 23.6 Å². The fourth-order valence-electron chi connectivity index (χ4n) is 5.75. The van der Waals surface area contributed by atoms with Gasteiger partial charge in [0.1, 0.15) is 5.82 Å². The number of rotatable bonds is 9. The Labute approximate surface area is 222 Å². The lowest BCUT2D eigenvalue weighted by Crippen LogP contribution is -2.65. The van der Waals surface area contributed by atoms with Gasteiger partial charge in [0.2, 0.25) is 17.7 Å². The Bertz CT molecular complexity index is 1190. The molecule has 1 saturated carbocycles. The molecule has 5 rings (SSSR count). The summed E-state index contributed by atoms with van der Waals surface area (Å²) in [4.78, 5) is 48.8. The average Bonchev–Trinajstić information content (AvgIpc) is 2.87. The van der Waals surface area contributed by atoms with Crippen LogP contribution < -0.4 is 15.4 Å². The third kappa shape index (κ3) is 5.58. The molecule has 2 N–H and O–H groups in total. The van der Waals surface area contributed by atoms with Crippen molar-refractivity contribution in [2.75, 3.05) is 38.7 Å². The number of methoxy groups -OCH3 is 1. The van der Waals surface area contributed by atoms with E-state index in [2.05, 4.69) is 26.7 Å². The molecule has 2 aliphatic heterocycles. The fourth-order valence-corrected chi connectivity index (χ4v) is 5.75. The average molecular weight is 522 g/mol. The molecule has 0 aromatic carbocycles. The highest BCUT2D eigenvalue weighted by Gasteiger charge is 2.55. The zero-order chi connectivity index (χ0) is 26.7. The molecule has 2 aromatic rings. The van der Waals surface area contributed by atoms with E-state index in [9.17, 15) is 14.4 Å². The molecule has 1 atom stereocenters. The van der Waals surface area contributed by atoms with E-state index in [1.54, 1.807) is 25.3 Å². The number of pyridine rings is 2. The topological polar surface area (TPSA) is 123 Å². The van der Waals surface area contributed by atoms with Gasteiger partial charge in [0.05, 0.1) is 38.3 Å². The summed E-state index contributed by atoms with van der Waals surface area (Å²) in [6, 6.07) is 6.99. The maximum absolute atomic E-state index is 13.1. The number of hydrogen-bond acceptors (Lipinski definition) is 8. The maximum atomic E-state index is 13.1. The van der Waals surface area contributed by atoms with Crippen molar-refractivity contribution in [1.29, 1.82) is 0 Å². The minimum absolute atomic E-state index is 0.0147. The lowest BCUT2D eigenvalue weighted by Gasteiger charge is -2.58. The first kappa shape index (κ1) is 25.9. The second kappa shape index (κ2) is 11.0. The van der Waals surface area contributed by atoms with Gasteiger partial charge in [-0.3, -0.25) is 14.4 Å². The Morgan fingerprint density at radius 3 is 2.74 bits per heavy atom. The number of fused-ring (bicyclic) bond motifs is 1. The Balaban J connectivity index is 1.12. The largest absolute Gasteiger partial charge is 0.481 e. The molecule has 1 spiro atoms. The Kier molecular flexibility index (Phi) is 7.49. The number of carbonyl (C=O) groups excluding carboxylic acids is 3. The van der Waals surface area contributed by atoms with Gasteiger partial charge in [-0.1, -0.05) is 12.1 Å². The van der Waals surface area contributed by atoms with Gasteiger partial charge in [0, 0.05) is 43.2 Å². The summed E-state index contributed by atoms with van der Waals surface area (Å²) in [5.74, 6) is 0.831. The number of esters is 1. The number of aryl methyl sites for hydroxylation is 1. The van der Waals surface area contributed by atoms with Crippen LogP contribution in [0.5, 0.6) is 5.88 Å². The van der Waals surface area contributed by atoms with Crippen molar-refractivity contribution < 1.29 is 23.9 Å². The van der Waals surface area contributed by atoms with Gasteiger partial charge >= 0.3 is 5.97 Å². The van der Waals surface area contributed by atoms with E-state index in [-0.39, 0.29) is 42.1 Å². The van der Waals surface area contributed by atoms with Crippen molar-refractivity contribution in [1.82, 2.24) is 20.2 Å². The van der Waals surface area contributed by atoms with Crippen LogP contribution in [-0.4, -0.2) is 66.0 Å². The smallest absolute Gasteiger partial charge is 0.308 e. The molecule has 3 aliphatic rings. The minimum Gasteiger partial charge on any atom is -0.481 e. The SMILES string of the molecule is CCOC(=O)C[C@H](NC(=O)C1CC2(C1)CN(C(=O)Cc1ccc3c(n1)NCCC3)C2)c1ccc(OC)nc1. The maximum Gasteiger partial charge on any atom is 0.308 e. The Hall–Kier alpha value is -3.69. The number of nitrogens with zero attached hydrogens (tertiary/aromatic N) is 3. The van der Waals surface area contributed by atoms with Crippen molar-refractivity contribution in [3.05, 3.63) is 47.3 Å². The van der Waals surface area contributed by atoms with Crippen LogP contribution in [0.15, 0.2) is 30.5 Å². The van der Waals surface area contributed by atoms with Gasteiger partial charge in [0.15, 0.2) is 0 Å². The van der Waals surface area contributed by atoms with E-state index in [1.807, 2.05) is 11.0 Å². The predicted octanol–water partition coefficient (Wildman–Crippen LogP) is 2.44. The van der Waals surface area contributed by atoms with E-state index in [4.69, 9.17) is 9.47 Å². The zero-order valence-electron chi connectivity index (χ0n) is 22.0. The van der Waals surface area contributed by atoms with Crippen LogP contribution in [0.1, 0.15) is 55.5 Å². The van der Waals surface area contributed by atoms with Gasteiger partial charge in [-0.25, -0.2) is 9.97 Å². The van der Waals surface area contributed by atoms with Crippen LogP contribution in [0.25, 0.3) is 0 Å². The Morgan fingerprint density at radius 2 is 2.03 bits per heavy atom. The summed E-state index contributed by atoms with van der Waals surface area (Å²) >= 11 is 0. The first-order valence-electron chi connectivity index (χ1n) is 13.3. The third-order valence-electron chi connectivity index (χ3n) is 7.78. The molecule has 0 radical (unpaired) electrons. The molecule has 1 saturated heterocycles. The standard InChI is InChI=1S/C28H35N5O5/c1-3-38-25(35)12-22(19-7-9-23(37-2)30-15-19)32-27(36)20-13-28(14-20)16-33(17-28)24(34)11-21-8-6-18-5-4-10-29-26(18)31-21/h6-9,15,20,22H,3-5,10-14,16-17H2,1-2H3,(H,29,31)(H,32,36)/t22-/m0/s1. The van der Waals surface area contributed by atoms with Gasteiger partial charge in [-0.2, -0.15) is 0 Å². The second-order valence-electron chi connectivity index (χ2n) is 10.6. The van der Waals surface area contributed by atoms with Crippen molar-refractivity contribution in [2.45, 2.75) is 51.5 Å². The van der Waals surface area contributed by atoms with Crippen molar-refractivity contribution in [2.24, 2.45) is 11.3 Å². The number of anilines is 1. The molecular formula is C28H35N5O5. The molecule has 38 heavy (non-hydrogen) atoms. The highest BCUT2D eigenvalue weighted by molar-refractivity contribution is 5.83. The molecule has 202 valence electrons. The molecule has 0 bridgehead atoms. The van der Waals surface area contributed by atoms with Gasteiger partial charge in [0.25, 0.3) is 0 Å². The number of carbonyl (C=O) groups is 3. The highest BCUT2D eigenvalue weighted by atomic mass is 16.5. The van der Waals surface area contributed by atoms with Gasteiger partial charge in [-0.05, 0) is 49.8 Å². The summed E-state index contributed by atoms with van der Waals surface area (Å²) < 4.78 is 10.2. The normalized spacial score (nSPS) is 18.3. The van der Waals surface area contributed by atoms with E-state index >= 15 is 0 Å². The third-order valence-corrected chi connectivity index (χ3v) is 7.78. The first-order valence-corrected chi connectivity index (χ1v) is 13.3. The number of aromatic nitrogens is 2. The van der Waals surface area contributed by atoms with E-state index in [0.29, 0.717) is 31.0 Å². The molecule has 2 aromatic heterocycles. The van der Waals surface area contributed by atoms with Gasteiger partial charge in [-0.15, -0.1) is 0 Å². The van der Waals surface area contributed by atoms with Crippen LogP contribution in [0.4, 0.5) is 5.82 Å². The van der Waals surface area contributed by atoms with Crippen molar-refractivity contribution in [3.63, 3.8) is 0 Å². The molecule has 0 unspecified atom stereocenters. The molecule has 4 heterocycles. The Morgan fingerprint density at radius 1 is 1.21 bits per heavy atom. The van der Waals surface area contributed by atoms with Crippen LogP contribution in [-0.2, 0) is 32.0 Å². The molecule has 10 nitrogen and oxygen atoms in total. The summed E-state index contributed by atoms with van der Waals surface area (Å²) in [5.41, 5.74) is 2.73. The number of likely N-dealkylation sites (tertiary alicyclic amines) is 1. The van der Waals surface area contributed by atoms with E-state index in [1.165, 1.54) is 12.7 Å². The lowest BCUT2D eigenvalue weighted by atomic mass is 9.57. The first-order chi connectivity index (χ1) is 18.4. The summed E-state index contributed by atoms with van der Waals surface area (Å²) in [5, 5.41) is 6.34.